The zero-order valence-electron chi connectivity index (χ0n) is 12.9. The first-order chi connectivity index (χ1) is 10.6. The van der Waals surface area contributed by atoms with Gasteiger partial charge < -0.3 is 15.5 Å². The molecule has 0 spiro atoms. The lowest BCUT2D eigenvalue weighted by molar-refractivity contribution is 0.0946. The molecule has 2 rings (SSSR count). The van der Waals surface area contributed by atoms with Gasteiger partial charge in [-0.1, -0.05) is 0 Å². The molecule has 0 bridgehead atoms. The largest absolute Gasteiger partial charge is 0.384 e. The summed E-state index contributed by atoms with van der Waals surface area (Å²) in [5, 5.41) is 6.13. The van der Waals surface area contributed by atoms with E-state index in [4.69, 9.17) is 0 Å². The van der Waals surface area contributed by atoms with Crippen LogP contribution in [-0.2, 0) is 6.54 Å². The highest BCUT2D eigenvalue weighted by Crippen LogP contribution is 2.08. The molecule has 0 aliphatic heterocycles. The van der Waals surface area contributed by atoms with Crippen molar-refractivity contribution in [1.29, 1.82) is 0 Å². The number of aromatic nitrogens is 2. The fourth-order valence-corrected chi connectivity index (χ4v) is 1.86. The van der Waals surface area contributed by atoms with Crippen LogP contribution < -0.4 is 10.6 Å². The Bertz CT molecular complexity index is 600. The summed E-state index contributed by atoms with van der Waals surface area (Å²) in [6.07, 6.45) is 5.05. The molecule has 0 fully saturated rings. The molecule has 0 saturated carbocycles. The lowest BCUT2D eigenvalue weighted by Crippen LogP contribution is -2.24. The Balaban J connectivity index is 1.89. The van der Waals surface area contributed by atoms with Gasteiger partial charge in [-0.2, -0.15) is 0 Å². The minimum atomic E-state index is -0.187. The highest BCUT2D eigenvalue weighted by Gasteiger charge is 2.07. The summed E-state index contributed by atoms with van der Waals surface area (Å²) in [6.45, 7) is 2.20. The molecule has 2 heterocycles. The third kappa shape index (κ3) is 5.14. The molecule has 2 aromatic heterocycles. The molecule has 0 aliphatic rings. The summed E-state index contributed by atoms with van der Waals surface area (Å²) >= 11 is 0. The Kier molecular flexibility index (Phi) is 5.85. The van der Waals surface area contributed by atoms with Crippen LogP contribution in [0.15, 0.2) is 42.9 Å². The molecular weight excluding hydrogens is 278 g/mol. The van der Waals surface area contributed by atoms with Crippen LogP contribution in [0.3, 0.4) is 0 Å². The van der Waals surface area contributed by atoms with Crippen LogP contribution in [0, 0.1) is 0 Å². The number of nitrogens with zero attached hydrogens (tertiary/aromatic N) is 3. The van der Waals surface area contributed by atoms with E-state index < -0.39 is 0 Å². The number of carbonyl (C=O) groups excluding carboxylic acids is 1. The minimum Gasteiger partial charge on any atom is -0.384 e. The van der Waals surface area contributed by atoms with E-state index in [0.717, 1.165) is 24.3 Å². The van der Waals surface area contributed by atoms with Gasteiger partial charge in [-0.3, -0.25) is 14.8 Å². The first-order valence-electron chi connectivity index (χ1n) is 7.17. The second-order valence-corrected chi connectivity index (χ2v) is 5.20. The lowest BCUT2D eigenvalue weighted by Gasteiger charge is -2.12. The molecular formula is C16H21N5O. The van der Waals surface area contributed by atoms with Crippen LogP contribution in [0.25, 0.3) is 0 Å². The van der Waals surface area contributed by atoms with Crippen molar-refractivity contribution in [3.63, 3.8) is 0 Å². The molecule has 116 valence electrons. The highest BCUT2D eigenvalue weighted by atomic mass is 16.1. The van der Waals surface area contributed by atoms with E-state index in [2.05, 4.69) is 25.5 Å². The van der Waals surface area contributed by atoms with Crippen molar-refractivity contribution in [3.05, 3.63) is 54.1 Å². The van der Waals surface area contributed by atoms with E-state index in [1.807, 2.05) is 32.3 Å². The fourth-order valence-electron chi connectivity index (χ4n) is 1.86. The smallest absolute Gasteiger partial charge is 0.270 e. The summed E-state index contributed by atoms with van der Waals surface area (Å²) in [7, 11) is 4.04. The minimum absolute atomic E-state index is 0.187. The van der Waals surface area contributed by atoms with Crippen LogP contribution in [0.4, 0.5) is 5.69 Å². The molecule has 2 N–H and O–H groups in total. The van der Waals surface area contributed by atoms with Gasteiger partial charge in [0.2, 0.25) is 0 Å². The maximum atomic E-state index is 12.1. The van der Waals surface area contributed by atoms with E-state index in [0.29, 0.717) is 12.2 Å². The quantitative estimate of drug-likeness (QED) is 0.808. The third-order valence-corrected chi connectivity index (χ3v) is 3.08. The molecule has 0 radical (unpaired) electrons. The number of carbonyl (C=O) groups is 1. The molecule has 0 atom stereocenters. The summed E-state index contributed by atoms with van der Waals surface area (Å²) in [5.74, 6) is -0.187. The zero-order chi connectivity index (χ0) is 15.8. The average Bonchev–Trinajstić information content (AvgIpc) is 2.53. The maximum Gasteiger partial charge on any atom is 0.270 e. The van der Waals surface area contributed by atoms with Gasteiger partial charge >= 0.3 is 0 Å². The molecule has 2 aromatic rings. The van der Waals surface area contributed by atoms with E-state index in [9.17, 15) is 4.79 Å². The lowest BCUT2D eigenvalue weighted by atomic mass is 10.2. The molecule has 6 nitrogen and oxygen atoms in total. The first kappa shape index (κ1) is 15.9. The predicted octanol–water partition coefficient (Wildman–Crippen LogP) is 1.38. The average molecular weight is 299 g/mol. The number of hydrogen-bond acceptors (Lipinski definition) is 5. The van der Waals surface area contributed by atoms with Gasteiger partial charge in [-0.15, -0.1) is 0 Å². The summed E-state index contributed by atoms with van der Waals surface area (Å²) in [6, 6.07) is 7.35. The van der Waals surface area contributed by atoms with Crippen LogP contribution in [0.5, 0.6) is 0 Å². The van der Waals surface area contributed by atoms with Crippen LogP contribution in [0.1, 0.15) is 16.1 Å². The van der Waals surface area contributed by atoms with Crippen LogP contribution >= 0.6 is 0 Å². The van der Waals surface area contributed by atoms with Crippen molar-refractivity contribution in [3.8, 4) is 0 Å². The van der Waals surface area contributed by atoms with Crippen molar-refractivity contribution >= 4 is 11.6 Å². The van der Waals surface area contributed by atoms with Crippen molar-refractivity contribution in [2.45, 2.75) is 6.54 Å². The van der Waals surface area contributed by atoms with E-state index >= 15 is 0 Å². The van der Waals surface area contributed by atoms with Gasteiger partial charge in [0.1, 0.15) is 5.69 Å². The molecule has 1 amide bonds. The van der Waals surface area contributed by atoms with Crippen molar-refractivity contribution in [2.24, 2.45) is 0 Å². The molecule has 0 aliphatic carbocycles. The van der Waals surface area contributed by atoms with E-state index in [-0.39, 0.29) is 5.91 Å². The van der Waals surface area contributed by atoms with Gasteiger partial charge in [-0.25, -0.2) is 0 Å². The number of pyridine rings is 2. The fraction of sp³-hybridized carbons (Fsp3) is 0.312. The van der Waals surface area contributed by atoms with Gasteiger partial charge in [0, 0.05) is 43.9 Å². The molecule has 0 saturated heterocycles. The third-order valence-electron chi connectivity index (χ3n) is 3.08. The van der Waals surface area contributed by atoms with Gasteiger partial charge in [-0.05, 0) is 43.9 Å². The molecule has 0 unspecified atom stereocenters. The standard InChI is InChI=1S/C16H21N5O/c1-21(2)10-9-18-14-5-8-19-15(11-14)16(22)20-12-13-3-6-17-7-4-13/h3-8,11H,9-10,12H2,1-2H3,(H,18,19)(H,20,22). The summed E-state index contributed by atoms with van der Waals surface area (Å²) in [5.41, 5.74) is 2.30. The van der Waals surface area contributed by atoms with E-state index in [1.54, 1.807) is 24.7 Å². The Hall–Kier alpha value is -2.47. The van der Waals surface area contributed by atoms with E-state index in [1.165, 1.54) is 0 Å². The maximum absolute atomic E-state index is 12.1. The summed E-state index contributed by atoms with van der Waals surface area (Å²) < 4.78 is 0. The van der Waals surface area contributed by atoms with Crippen LogP contribution in [-0.4, -0.2) is 48.0 Å². The van der Waals surface area contributed by atoms with Gasteiger partial charge in [0.05, 0.1) is 0 Å². The topological polar surface area (TPSA) is 70.2 Å². The Morgan fingerprint density at radius 3 is 2.68 bits per heavy atom. The SMILES string of the molecule is CN(C)CCNc1ccnc(C(=O)NCc2ccncc2)c1. The number of nitrogens with one attached hydrogen (secondary N) is 2. The van der Waals surface area contributed by atoms with Crippen molar-refractivity contribution in [2.75, 3.05) is 32.5 Å². The van der Waals surface area contributed by atoms with Gasteiger partial charge in [0.15, 0.2) is 0 Å². The molecule has 0 aromatic carbocycles. The molecule has 22 heavy (non-hydrogen) atoms. The van der Waals surface area contributed by atoms with Gasteiger partial charge in [0.25, 0.3) is 5.91 Å². The first-order valence-corrected chi connectivity index (χ1v) is 7.17. The summed E-state index contributed by atoms with van der Waals surface area (Å²) in [4.78, 5) is 22.3. The second-order valence-electron chi connectivity index (χ2n) is 5.20. The van der Waals surface area contributed by atoms with Crippen molar-refractivity contribution in [1.82, 2.24) is 20.2 Å². The number of amides is 1. The zero-order valence-corrected chi connectivity index (χ0v) is 12.9. The number of likely N-dealkylation sites (N-methyl/N-ethyl adjacent to an activating group) is 1. The van der Waals surface area contributed by atoms with Crippen LogP contribution in [0.2, 0.25) is 0 Å². The normalized spacial score (nSPS) is 10.5. The Morgan fingerprint density at radius 1 is 1.18 bits per heavy atom. The predicted molar refractivity (Wildman–Crippen MR) is 86.7 cm³/mol. The monoisotopic (exact) mass is 299 g/mol. The highest BCUT2D eigenvalue weighted by molar-refractivity contribution is 5.93. The Labute approximate surface area is 130 Å². The number of rotatable bonds is 7. The number of anilines is 1. The molecule has 6 heteroatoms. The number of hydrogen-bond donors (Lipinski definition) is 2. The van der Waals surface area contributed by atoms with Crippen molar-refractivity contribution < 1.29 is 4.79 Å². The Morgan fingerprint density at radius 2 is 1.95 bits per heavy atom. The second kappa shape index (κ2) is 8.09.